The fourth-order valence-corrected chi connectivity index (χ4v) is 2.85. The van der Waals surface area contributed by atoms with Gasteiger partial charge < -0.3 is 29.6 Å². The van der Waals surface area contributed by atoms with Crippen molar-refractivity contribution in [2.75, 3.05) is 13.9 Å². The summed E-state index contributed by atoms with van der Waals surface area (Å²) in [4.78, 5) is 24.1. The molecule has 1 atom stereocenters. The number of rotatable bonds is 7. The van der Waals surface area contributed by atoms with E-state index in [-0.39, 0.29) is 19.8 Å². The SMILES string of the molecule is COC(=O)CC(NC(=O)NCc1ccc2c(c1)OCO2)c1ccc(OC(F)(F)F)cc1. The number of alkyl halides is 3. The summed E-state index contributed by atoms with van der Waals surface area (Å²) in [6.45, 7) is 0.306. The van der Waals surface area contributed by atoms with Crippen molar-refractivity contribution in [3.05, 3.63) is 53.6 Å². The largest absolute Gasteiger partial charge is 0.573 e. The summed E-state index contributed by atoms with van der Waals surface area (Å²) in [5, 5.41) is 5.27. The lowest BCUT2D eigenvalue weighted by Gasteiger charge is -2.19. The zero-order valence-corrected chi connectivity index (χ0v) is 16.3. The van der Waals surface area contributed by atoms with Gasteiger partial charge in [-0.2, -0.15) is 0 Å². The first-order valence-electron chi connectivity index (χ1n) is 9.09. The Labute approximate surface area is 175 Å². The Bertz CT molecular complexity index is 934. The van der Waals surface area contributed by atoms with Gasteiger partial charge in [-0.25, -0.2) is 4.79 Å². The van der Waals surface area contributed by atoms with E-state index in [2.05, 4.69) is 20.1 Å². The van der Waals surface area contributed by atoms with Crippen LogP contribution in [0.15, 0.2) is 42.5 Å². The van der Waals surface area contributed by atoms with Crippen molar-refractivity contribution < 1.29 is 41.7 Å². The summed E-state index contributed by atoms with van der Waals surface area (Å²) in [6, 6.07) is 8.65. The summed E-state index contributed by atoms with van der Waals surface area (Å²) in [5.41, 5.74) is 1.16. The van der Waals surface area contributed by atoms with Crippen LogP contribution in [0, 0.1) is 0 Å². The lowest BCUT2D eigenvalue weighted by molar-refractivity contribution is -0.274. The fourth-order valence-electron chi connectivity index (χ4n) is 2.85. The quantitative estimate of drug-likeness (QED) is 0.641. The molecule has 0 spiro atoms. The molecule has 0 saturated heterocycles. The molecule has 1 heterocycles. The first-order valence-corrected chi connectivity index (χ1v) is 9.09. The van der Waals surface area contributed by atoms with Crippen LogP contribution in [-0.2, 0) is 16.1 Å². The second kappa shape index (κ2) is 9.45. The maximum absolute atomic E-state index is 12.4. The Morgan fingerprint density at radius 1 is 1.10 bits per heavy atom. The smallest absolute Gasteiger partial charge is 0.469 e. The number of urea groups is 1. The van der Waals surface area contributed by atoms with Crippen molar-refractivity contribution in [1.29, 1.82) is 0 Å². The van der Waals surface area contributed by atoms with E-state index in [0.717, 1.165) is 17.7 Å². The summed E-state index contributed by atoms with van der Waals surface area (Å²) in [6.07, 6.45) is -5.03. The summed E-state index contributed by atoms with van der Waals surface area (Å²) in [5.74, 6) is 0.172. The van der Waals surface area contributed by atoms with Crippen LogP contribution in [0.1, 0.15) is 23.6 Å². The third-order valence-corrected chi connectivity index (χ3v) is 4.31. The minimum absolute atomic E-state index is 0.134. The highest BCUT2D eigenvalue weighted by molar-refractivity contribution is 5.76. The molecule has 0 radical (unpaired) electrons. The number of esters is 1. The van der Waals surface area contributed by atoms with Gasteiger partial charge in [-0.1, -0.05) is 18.2 Å². The summed E-state index contributed by atoms with van der Waals surface area (Å²) in [7, 11) is 1.19. The van der Waals surface area contributed by atoms with Crippen molar-refractivity contribution in [1.82, 2.24) is 10.6 Å². The van der Waals surface area contributed by atoms with E-state index in [4.69, 9.17) is 9.47 Å². The highest BCUT2D eigenvalue weighted by atomic mass is 19.4. The number of hydrogen-bond acceptors (Lipinski definition) is 6. The van der Waals surface area contributed by atoms with Crippen LogP contribution in [0.2, 0.25) is 0 Å². The molecule has 8 nitrogen and oxygen atoms in total. The number of ether oxygens (including phenoxy) is 4. The van der Waals surface area contributed by atoms with Gasteiger partial charge in [-0.05, 0) is 35.4 Å². The Balaban J connectivity index is 1.63. The van der Waals surface area contributed by atoms with E-state index in [1.807, 2.05) is 0 Å². The van der Waals surface area contributed by atoms with Crippen molar-refractivity contribution in [2.45, 2.75) is 25.4 Å². The molecule has 0 bridgehead atoms. The molecule has 1 aliphatic heterocycles. The van der Waals surface area contributed by atoms with E-state index in [1.54, 1.807) is 18.2 Å². The van der Waals surface area contributed by atoms with E-state index >= 15 is 0 Å². The lowest BCUT2D eigenvalue weighted by atomic mass is 10.0. The van der Waals surface area contributed by atoms with E-state index in [1.165, 1.54) is 19.2 Å². The summed E-state index contributed by atoms with van der Waals surface area (Å²) >= 11 is 0. The molecule has 3 rings (SSSR count). The molecule has 2 amide bonds. The van der Waals surface area contributed by atoms with Crippen LogP contribution in [-0.4, -0.2) is 32.3 Å². The molecule has 0 fully saturated rings. The second-order valence-corrected chi connectivity index (χ2v) is 6.46. The first-order chi connectivity index (χ1) is 14.7. The number of fused-ring (bicyclic) bond motifs is 1. The molecule has 2 aromatic carbocycles. The number of benzene rings is 2. The van der Waals surface area contributed by atoms with Gasteiger partial charge in [-0.3, -0.25) is 4.79 Å². The van der Waals surface area contributed by atoms with Crippen molar-refractivity contribution in [3.63, 3.8) is 0 Å². The van der Waals surface area contributed by atoms with E-state index in [9.17, 15) is 22.8 Å². The maximum Gasteiger partial charge on any atom is 0.573 e. The van der Waals surface area contributed by atoms with Crippen LogP contribution in [0.5, 0.6) is 17.2 Å². The molecule has 11 heteroatoms. The zero-order valence-electron chi connectivity index (χ0n) is 16.3. The van der Waals surface area contributed by atoms with Gasteiger partial charge in [-0.15, -0.1) is 13.2 Å². The van der Waals surface area contributed by atoms with Gasteiger partial charge in [0.1, 0.15) is 5.75 Å². The van der Waals surface area contributed by atoms with Crippen molar-refractivity contribution in [2.24, 2.45) is 0 Å². The van der Waals surface area contributed by atoms with Crippen LogP contribution >= 0.6 is 0 Å². The molecule has 2 aromatic rings. The predicted octanol–water partition coefficient (Wildman–Crippen LogP) is 3.42. The molecule has 166 valence electrons. The average molecular weight is 440 g/mol. The third kappa shape index (κ3) is 6.43. The maximum atomic E-state index is 12.4. The van der Waals surface area contributed by atoms with E-state index < -0.39 is 30.2 Å². The minimum atomic E-state index is -4.82. The Hall–Kier alpha value is -3.63. The number of amides is 2. The van der Waals surface area contributed by atoms with Gasteiger partial charge >= 0.3 is 18.4 Å². The number of hydrogen-bond donors (Lipinski definition) is 2. The molecule has 2 N–H and O–H groups in total. The molecule has 0 aliphatic carbocycles. The molecular weight excluding hydrogens is 421 g/mol. The van der Waals surface area contributed by atoms with E-state index in [0.29, 0.717) is 17.1 Å². The number of halogens is 3. The molecular formula is C20H19F3N2O6. The van der Waals surface area contributed by atoms with Crippen molar-refractivity contribution in [3.8, 4) is 17.2 Å². The number of nitrogens with one attached hydrogen (secondary N) is 2. The summed E-state index contributed by atoms with van der Waals surface area (Å²) < 4.78 is 55.9. The highest BCUT2D eigenvalue weighted by Crippen LogP contribution is 2.32. The molecule has 1 unspecified atom stereocenters. The molecule has 0 aromatic heterocycles. The van der Waals surface area contributed by atoms with Crippen LogP contribution < -0.4 is 24.8 Å². The third-order valence-electron chi connectivity index (χ3n) is 4.31. The Morgan fingerprint density at radius 3 is 2.48 bits per heavy atom. The van der Waals surface area contributed by atoms with Gasteiger partial charge in [0, 0.05) is 6.54 Å². The van der Waals surface area contributed by atoms with Gasteiger partial charge in [0.2, 0.25) is 6.79 Å². The molecule has 31 heavy (non-hydrogen) atoms. The Kier molecular flexibility index (Phi) is 6.73. The zero-order chi connectivity index (χ0) is 22.4. The van der Waals surface area contributed by atoms with Gasteiger partial charge in [0.15, 0.2) is 11.5 Å². The average Bonchev–Trinajstić information content (AvgIpc) is 3.19. The standard InChI is InChI=1S/C20H19F3N2O6/c1-28-18(26)9-15(13-3-5-14(6-4-13)31-20(21,22)23)25-19(27)24-10-12-2-7-16-17(8-12)30-11-29-16/h2-8,15H,9-11H2,1H3,(H2,24,25,27). The van der Waals surface area contributed by atoms with Gasteiger partial charge in [0.05, 0.1) is 19.6 Å². The number of carbonyl (C=O) groups is 2. The highest BCUT2D eigenvalue weighted by Gasteiger charge is 2.31. The first kappa shape index (κ1) is 22.1. The molecule has 1 aliphatic rings. The predicted molar refractivity (Wildman–Crippen MR) is 100 cm³/mol. The number of methoxy groups -OCH3 is 1. The fraction of sp³-hybridized carbons (Fsp3) is 0.300. The topological polar surface area (TPSA) is 95.1 Å². The normalized spacial score (nSPS) is 13.3. The Morgan fingerprint density at radius 2 is 1.81 bits per heavy atom. The number of carbonyl (C=O) groups excluding carboxylic acids is 2. The van der Waals surface area contributed by atoms with Crippen molar-refractivity contribution >= 4 is 12.0 Å². The minimum Gasteiger partial charge on any atom is -0.469 e. The lowest BCUT2D eigenvalue weighted by Crippen LogP contribution is -2.38. The van der Waals surface area contributed by atoms with Crippen LogP contribution in [0.4, 0.5) is 18.0 Å². The van der Waals surface area contributed by atoms with Crippen LogP contribution in [0.3, 0.4) is 0 Å². The van der Waals surface area contributed by atoms with Crippen LogP contribution in [0.25, 0.3) is 0 Å². The van der Waals surface area contributed by atoms with Gasteiger partial charge in [0.25, 0.3) is 0 Å². The molecule has 0 saturated carbocycles. The monoisotopic (exact) mass is 440 g/mol. The second-order valence-electron chi connectivity index (χ2n) is 6.46.